The first-order valence-corrected chi connectivity index (χ1v) is 5.03. The van der Waals surface area contributed by atoms with E-state index in [4.69, 9.17) is 9.47 Å². The fraction of sp³-hybridized carbons (Fsp3) is 0.800. The number of ether oxygens (including phenoxy) is 3. The van der Waals surface area contributed by atoms with Crippen LogP contribution in [0.2, 0.25) is 0 Å². The van der Waals surface area contributed by atoms with Crippen molar-refractivity contribution < 1.29 is 23.8 Å². The highest BCUT2D eigenvalue weighted by molar-refractivity contribution is 6.05. The van der Waals surface area contributed by atoms with Gasteiger partial charge in [0.05, 0.1) is 13.7 Å². The number of hydrogen-bond donors (Lipinski definition) is 0. The summed E-state index contributed by atoms with van der Waals surface area (Å²) in [5.74, 6) is -1.38. The Bertz CT molecular complexity index is 280. The summed E-state index contributed by atoms with van der Waals surface area (Å²) in [5, 5.41) is 0. The number of rotatable bonds is 1. The minimum Gasteiger partial charge on any atom is -0.468 e. The first-order valence-electron chi connectivity index (χ1n) is 5.03. The largest absolute Gasteiger partial charge is 0.468 e. The van der Waals surface area contributed by atoms with Crippen LogP contribution < -0.4 is 0 Å². The second-order valence-corrected chi connectivity index (χ2v) is 3.86. The van der Waals surface area contributed by atoms with E-state index in [-0.39, 0.29) is 12.4 Å². The zero-order valence-electron chi connectivity index (χ0n) is 8.65. The van der Waals surface area contributed by atoms with Gasteiger partial charge in [-0.25, -0.2) is 0 Å². The molecule has 5 nitrogen and oxygen atoms in total. The van der Waals surface area contributed by atoms with Crippen LogP contribution in [-0.4, -0.2) is 44.3 Å². The number of ketones is 1. The molecule has 0 N–H and O–H groups in total. The lowest BCUT2D eigenvalue weighted by molar-refractivity contribution is -0.150. The van der Waals surface area contributed by atoms with Crippen molar-refractivity contribution >= 4 is 11.8 Å². The zero-order chi connectivity index (χ0) is 10.9. The Morgan fingerprint density at radius 3 is 2.73 bits per heavy atom. The molecule has 0 aromatic carbocycles. The number of carbonyl (C=O) groups is 2. The van der Waals surface area contributed by atoms with Gasteiger partial charge in [0.1, 0.15) is 11.5 Å². The van der Waals surface area contributed by atoms with E-state index in [0.717, 1.165) is 0 Å². The molecule has 0 saturated carbocycles. The van der Waals surface area contributed by atoms with Gasteiger partial charge in [0.25, 0.3) is 0 Å². The molecule has 2 heterocycles. The summed E-state index contributed by atoms with van der Waals surface area (Å²) in [4.78, 5) is 23.3. The lowest BCUT2D eigenvalue weighted by atomic mass is 9.86. The van der Waals surface area contributed by atoms with Gasteiger partial charge in [-0.1, -0.05) is 0 Å². The Morgan fingerprint density at radius 1 is 1.47 bits per heavy atom. The number of hydrogen-bond acceptors (Lipinski definition) is 5. The van der Waals surface area contributed by atoms with Crippen LogP contribution in [0.5, 0.6) is 0 Å². The molecule has 1 spiro atoms. The Morgan fingerprint density at radius 2 is 2.13 bits per heavy atom. The summed E-state index contributed by atoms with van der Waals surface area (Å²) in [6.45, 7) is 1.17. The van der Waals surface area contributed by atoms with E-state index in [9.17, 15) is 9.59 Å². The standard InChI is InChI=1S/C10H14O5/c1-13-9(12)7-6-15-10(8(7)11)2-4-14-5-3-10/h7H,2-6H2,1H3. The summed E-state index contributed by atoms with van der Waals surface area (Å²) in [6, 6.07) is 0. The lowest BCUT2D eigenvalue weighted by Gasteiger charge is -2.30. The minimum absolute atomic E-state index is 0.141. The van der Waals surface area contributed by atoms with Crippen LogP contribution in [0.3, 0.4) is 0 Å². The van der Waals surface area contributed by atoms with Gasteiger partial charge in [-0.05, 0) is 0 Å². The topological polar surface area (TPSA) is 61.8 Å². The van der Waals surface area contributed by atoms with Crippen molar-refractivity contribution in [2.24, 2.45) is 5.92 Å². The summed E-state index contributed by atoms with van der Waals surface area (Å²) in [5.41, 5.74) is -0.781. The predicted octanol–water partition coefficient (Wildman–Crippen LogP) is -0.0759. The first kappa shape index (κ1) is 10.6. The van der Waals surface area contributed by atoms with Crippen molar-refractivity contribution in [2.75, 3.05) is 26.9 Å². The average Bonchev–Trinajstić information content (AvgIpc) is 2.58. The molecule has 1 unspecified atom stereocenters. The quantitative estimate of drug-likeness (QED) is 0.451. The second kappa shape index (κ2) is 3.90. The Balaban J connectivity index is 2.12. The van der Waals surface area contributed by atoms with E-state index in [0.29, 0.717) is 26.1 Å². The van der Waals surface area contributed by atoms with Crippen molar-refractivity contribution in [3.05, 3.63) is 0 Å². The van der Waals surface area contributed by atoms with Crippen molar-refractivity contribution in [3.63, 3.8) is 0 Å². The zero-order valence-corrected chi connectivity index (χ0v) is 8.65. The fourth-order valence-electron chi connectivity index (χ4n) is 2.12. The average molecular weight is 214 g/mol. The van der Waals surface area contributed by atoms with Gasteiger partial charge in [0, 0.05) is 26.1 Å². The first-order chi connectivity index (χ1) is 7.19. The fourth-order valence-corrected chi connectivity index (χ4v) is 2.12. The number of esters is 1. The molecule has 2 aliphatic heterocycles. The van der Waals surface area contributed by atoms with Gasteiger partial charge >= 0.3 is 5.97 Å². The highest BCUT2D eigenvalue weighted by Crippen LogP contribution is 2.35. The number of carbonyl (C=O) groups excluding carboxylic acids is 2. The molecule has 1 atom stereocenters. The summed E-state index contributed by atoms with van der Waals surface area (Å²) in [6.07, 6.45) is 1.08. The molecule has 0 aliphatic carbocycles. The number of methoxy groups -OCH3 is 1. The number of Topliss-reactive ketones (excluding diaryl/α,β-unsaturated/α-hetero) is 1. The molecule has 0 amide bonds. The van der Waals surface area contributed by atoms with Crippen LogP contribution in [0, 0.1) is 5.92 Å². The molecule has 2 rings (SSSR count). The van der Waals surface area contributed by atoms with E-state index in [1.807, 2.05) is 0 Å². The van der Waals surface area contributed by atoms with Crippen LogP contribution in [0.1, 0.15) is 12.8 Å². The lowest BCUT2D eigenvalue weighted by Crippen LogP contribution is -2.44. The SMILES string of the molecule is COC(=O)C1COC2(CCOCC2)C1=O. The van der Waals surface area contributed by atoms with Crippen LogP contribution >= 0.6 is 0 Å². The van der Waals surface area contributed by atoms with Crippen molar-refractivity contribution in [2.45, 2.75) is 18.4 Å². The highest BCUT2D eigenvalue weighted by atomic mass is 16.5. The van der Waals surface area contributed by atoms with Gasteiger partial charge < -0.3 is 14.2 Å². The third-order valence-corrected chi connectivity index (χ3v) is 3.08. The third-order valence-electron chi connectivity index (χ3n) is 3.08. The molecule has 2 saturated heterocycles. The van der Waals surface area contributed by atoms with Crippen LogP contribution in [0.4, 0.5) is 0 Å². The maximum absolute atomic E-state index is 12.0. The maximum atomic E-state index is 12.0. The van der Waals surface area contributed by atoms with Crippen molar-refractivity contribution in [1.29, 1.82) is 0 Å². The summed E-state index contributed by atoms with van der Waals surface area (Å²) < 4.78 is 15.2. The molecule has 15 heavy (non-hydrogen) atoms. The Hall–Kier alpha value is -0.940. The van der Waals surface area contributed by atoms with Gasteiger partial charge in [-0.15, -0.1) is 0 Å². The summed E-state index contributed by atoms with van der Waals surface area (Å²) >= 11 is 0. The molecule has 0 aromatic heterocycles. The monoisotopic (exact) mass is 214 g/mol. The second-order valence-electron chi connectivity index (χ2n) is 3.86. The van der Waals surface area contributed by atoms with E-state index in [1.54, 1.807) is 0 Å². The minimum atomic E-state index is -0.781. The van der Waals surface area contributed by atoms with E-state index in [2.05, 4.69) is 4.74 Å². The van der Waals surface area contributed by atoms with Crippen molar-refractivity contribution in [3.8, 4) is 0 Å². The Kier molecular flexibility index (Phi) is 2.75. The molecule has 0 bridgehead atoms. The van der Waals surface area contributed by atoms with E-state index in [1.165, 1.54) is 7.11 Å². The highest BCUT2D eigenvalue weighted by Gasteiger charge is 2.52. The van der Waals surface area contributed by atoms with Gasteiger partial charge in [-0.2, -0.15) is 0 Å². The molecule has 2 aliphatic rings. The smallest absolute Gasteiger partial charge is 0.318 e. The molecule has 5 heteroatoms. The van der Waals surface area contributed by atoms with Crippen LogP contribution in [0.15, 0.2) is 0 Å². The van der Waals surface area contributed by atoms with E-state index < -0.39 is 17.5 Å². The van der Waals surface area contributed by atoms with Crippen molar-refractivity contribution in [1.82, 2.24) is 0 Å². The predicted molar refractivity (Wildman–Crippen MR) is 49.2 cm³/mol. The third kappa shape index (κ3) is 1.66. The van der Waals surface area contributed by atoms with Gasteiger partial charge in [0.15, 0.2) is 5.78 Å². The van der Waals surface area contributed by atoms with Crippen LogP contribution in [0.25, 0.3) is 0 Å². The molecule has 2 fully saturated rings. The Labute approximate surface area is 87.7 Å². The molecule has 0 aromatic rings. The summed E-state index contributed by atoms with van der Waals surface area (Å²) in [7, 11) is 1.28. The molecular weight excluding hydrogens is 200 g/mol. The molecule has 84 valence electrons. The maximum Gasteiger partial charge on any atom is 0.318 e. The van der Waals surface area contributed by atoms with Gasteiger partial charge in [-0.3, -0.25) is 9.59 Å². The normalized spacial score (nSPS) is 29.4. The molecule has 0 radical (unpaired) electrons. The molecular formula is C10H14O5. The van der Waals surface area contributed by atoms with E-state index >= 15 is 0 Å². The van der Waals surface area contributed by atoms with Crippen LogP contribution in [-0.2, 0) is 23.8 Å². The van der Waals surface area contributed by atoms with Gasteiger partial charge in [0.2, 0.25) is 0 Å².